The van der Waals surface area contributed by atoms with Gasteiger partial charge in [0.2, 0.25) is 0 Å². The number of piperazine rings is 1. The van der Waals surface area contributed by atoms with Crippen LogP contribution < -0.4 is 10.6 Å². The van der Waals surface area contributed by atoms with E-state index in [1.165, 1.54) is 6.54 Å². The van der Waals surface area contributed by atoms with Crippen LogP contribution in [0.1, 0.15) is 26.5 Å². The molecule has 0 unspecified atom stereocenters. The number of aryl methyl sites for hydroxylation is 2. The Morgan fingerprint density at radius 1 is 1.21 bits per heavy atom. The van der Waals surface area contributed by atoms with Crippen LogP contribution in [0.25, 0.3) is 0 Å². The lowest BCUT2D eigenvalue weighted by molar-refractivity contribution is 0.230. The van der Waals surface area contributed by atoms with Crippen LogP contribution in [0.5, 0.6) is 0 Å². The monoisotopic (exact) mass is 265 g/mol. The molecule has 0 aromatic carbocycles. The summed E-state index contributed by atoms with van der Waals surface area (Å²) in [6.45, 7) is 12.2. The van der Waals surface area contributed by atoms with Crippen molar-refractivity contribution in [1.29, 1.82) is 0 Å². The summed E-state index contributed by atoms with van der Waals surface area (Å²) in [6.07, 6.45) is 0.896. The summed E-state index contributed by atoms with van der Waals surface area (Å²) in [7, 11) is 1.99. The molecule has 0 atom stereocenters. The summed E-state index contributed by atoms with van der Waals surface area (Å²) in [5.41, 5.74) is 8.10. The molecule has 5 nitrogen and oxygen atoms in total. The van der Waals surface area contributed by atoms with E-state index in [1.807, 2.05) is 11.7 Å². The molecule has 0 aliphatic carbocycles. The molecule has 2 N–H and O–H groups in total. The number of rotatable bonds is 4. The van der Waals surface area contributed by atoms with Gasteiger partial charge in [0.25, 0.3) is 0 Å². The van der Waals surface area contributed by atoms with Crippen LogP contribution in [-0.2, 0) is 13.5 Å². The Bertz CT molecular complexity index is 416. The Morgan fingerprint density at radius 2 is 1.84 bits per heavy atom. The van der Waals surface area contributed by atoms with Gasteiger partial charge in [-0.05, 0) is 12.3 Å². The van der Waals surface area contributed by atoms with Crippen LogP contribution in [-0.4, -0.2) is 47.4 Å². The van der Waals surface area contributed by atoms with Gasteiger partial charge in [0.1, 0.15) is 5.82 Å². The summed E-state index contributed by atoms with van der Waals surface area (Å²) in [5.74, 6) is 1.83. The highest BCUT2D eigenvalue weighted by Gasteiger charge is 2.23. The molecule has 19 heavy (non-hydrogen) atoms. The molecule has 2 heterocycles. The van der Waals surface area contributed by atoms with Crippen molar-refractivity contribution in [2.24, 2.45) is 13.0 Å². The number of hydrogen-bond donors (Lipinski definition) is 1. The standard InChI is InChI=1S/C14H27N5/c1-5-12-13(15)14(17(4)16-12)19-8-6-18(7-9-19)10-11(2)3/h11H,5-10,15H2,1-4H3. The van der Waals surface area contributed by atoms with Gasteiger partial charge in [-0.25, -0.2) is 0 Å². The normalized spacial score (nSPS) is 17.4. The Kier molecular flexibility index (Phi) is 4.34. The van der Waals surface area contributed by atoms with Crippen molar-refractivity contribution in [2.45, 2.75) is 27.2 Å². The van der Waals surface area contributed by atoms with E-state index in [9.17, 15) is 0 Å². The molecule has 108 valence electrons. The summed E-state index contributed by atoms with van der Waals surface area (Å²) in [6, 6.07) is 0. The van der Waals surface area contributed by atoms with E-state index in [1.54, 1.807) is 0 Å². The third-order valence-corrected chi connectivity index (χ3v) is 3.76. The molecule has 2 rings (SSSR count). The molecule has 0 bridgehead atoms. The maximum absolute atomic E-state index is 6.22. The van der Waals surface area contributed by atoms with E-state index in [0.717, 1.165) is 55.7 Å². The van der Waals surface area contributed by atoms with Gasteiger partial charge in [-0.15, -0.1) is 0 Å². The highest BCUT2D eigenvalue weighted by atomic mass is 15.4. The van der Waals surface area contributed by atoms with Crippen molar-refractivity contribution >= 4 is 11.5 Å². The highest BCUT2D eigenvalue weighted by Crippen LogP contribution is 2.27. The van der Waals surface area contributed by atoms with E-state index in [0.29, 0.717) is 0 Å². The van der Waals surface area contributed by atoms with Crippen LogP contribution in [0, 0.1) is 5.92 Å². The van der Waals surface area contributed by atoms with E-state index in [2.05, 4.69) is 35.7 Å². The minimum Gasteiger partial charge on any atom is -0.394 e. The summed E-state index contributed by atoms with van der Waals surface area (Å²) in [4.78, 5) is 4.91. The number of aromatic nitrogens is 2. The molecule has 1 aromatic heterocycles. The minimum atomic E-state index is 0.736. The van der Waals surface area contributed by atoms with E-state index in [4.69, 9.17) is 5.73 Å². The molecule has 0 spiro atoms. The first-order valence-corrected chi connectivity index (χ1v) is 7.31. The summed E-state index contributed by atoms with van der Waals surface area (Å²) >= 11 is 0. The zero-order valence-electron chi connectivity index (χ0n) is 12.7. The van der Waals surface area contributed by atoms with Crippen LogP contribution >= 0.6 is 0 Å². The molecular weight excluding hydrogens is 238 g/mol. The van der Waals surface area contributed by atoms with Crippen LogP contribution in [0.2, 0.25) is 0 Å². The first-order chi connectivity index (χ1) is 9.02. The third-order valence-electron chi connectivity index (χ3n) is 3.76. The second kappa shape index (κ2) is 5.82. The van der Waals surface area contributed by atoms with Crippen molar-refractivity contribution in [1.82, 2.24) is 14.7 Å². The lowest BCUT2D eigenvalue weighted by Gasteiger charge is -2.36. The first kappa shape index (κ1) is 14.2. The van der Waals surface area contributed by atoms with Gasteiger partial charge in [-0.3, -0.25) is 9.58 Å². The molecule has 0 amide bonds. The average Bonchev–Trinajstić information content (AvgIpc) is 2.65. The summed E-state index contributed by atoms with van der Waals surface area (Å²) in [5, 5.41) is 4.51. The van der Waals surface area contributed by atoms with Gasteiger partial charge >= 0.3 is 0 Å². The molecule has 1 saturated heterocycles. The van der Waals surface area contributed by atoms with Crippen molar-refractivity contribution < 1.29 is 0 Å². The number of nitrogens with zero attached hydrogens (tertiary/aromatic N) is 4. The van der Waals surface area contributed by atoms with Crippen molar-refractivity contribution in [2.75, 3.05) is 43.4 Å². The molecule has 1 aliphatic rings. The third kappa shape index (κ3) is 3.03. The lowest BCUT2D eigenvalue weighted by atomic mass is 10.2. The minimum absolute atomic E-state index is 0.736. The second-order valence-corrected chi connectivity index (χ2v) is 5.84. The predicted molar refractivity (Wildman–Crippen MR) is 80.5 cm³/mol. The zero-order chi connectivity index (χ0) is 14.0. The van der Waals surface area contributed by atoms with E-state index >= 15 is 0 Å². The first-order valence-electron chi connectivity index (χ1n) is 7.31. The van der Waals surface area contributed by atoms with E-state index < -0.39 is 0 Å². The fourth-order valence-electron chi connectivity index (χ4n) is 2.88. The number of nitrogen functional groups attached to an aromatic ring is 1. The van der Waals surface area contributed by atoms with Gasteiger partial charge in [-0.1, -0.05) is 20.8 Å². The van der Waals surface area contributed by atoms with Crippen LogP contribution in [0.4, 0.5) is 11.5 Å². The van der Waals surface area contributed by atoms with Gasteiger partial charge in [0.05, 0.1) is 11.4 Å². The van der Waals surface area contributed by atoms with Crippen molar-refractivity contribution in [3.63, 3.8) is 0 Å². The number of hydrogen-bond acceptors (Lipinski definition) is 4. The molecular formula is C14H27N5. The zero-order valence-corrected chi connectivity index (χ0v) is 12.7. The molecule has 0 saturated carbocycles. The second-order valence-electron chi connectivity index (χ2n) is 5.84. The number of nitrogens with two attached hydrogens (primary N) is 1. The van der Waals surface area contributed by atoms with Gasteiger partial charge in [0.15, 0.2) is 0 Å². The Labute approximate surface area is 116 Å². The van der Waals surface area contributed by atoms with Crippen molar-refractivity contribution in [3.8, 4) is 0 Å². The highest BCUT2D eigenvalue weighted by molar-refractivity contribution is 5.66. The van der Waals surface area contributed by atoms with Gasteiger partial charge < -0.3 is 10.6 Å². The lowest BCUT2D eigenvalue weighted by Crippen LogP contribution is -2.48. The van der Waals surface area contributed by atoms with Gasteiger partial charge in [0, 0.05) is 39.8 Å². The smallest absolute Gasteiger partial charge is 0.150 e. The van der Waals surface area contributed by atoms with E-state index in [-0.39, 0.29) is 0 Å². The number of anilines is 2. The van der Waals surface area contributed by atoms with Crippen LogP contribution in [0.15, 0.2) is 0 Å². The summed E-state index contributed by atoms with van der Waals surface area (Å²) < 4.78 is 1.94. The molecule has 0 radical (unpaired) electrons. The molecule has 1 fully saturated rings. The Morgan fingerprint density at radius 3 is 2.32 bits per heavy atom. The fraction of sp³-hybridized carbons (Fsp3) is 0.786. The quantitative estimate of drug-likeness (QED) is 0.892. The Balaban J connectivity index is 2.03. The largest absolute Gasteiger partial charge is 0.394 e. The van der Waals surface area contributed by atoms with Crippen LogP contribution in [0.3, 0.4) is 0 Å². The molecule has 5 heteroatoms. The van der Waals surface area contributed by atoms with Crippen molar-refractivity contribution in [3.05, 3.63) is 5.69 Å². The molecule has 1 aromatic rings. The Hall–Kier alpha value is -1.23. The maximum Gasteiger partial charge on any atom is 0.150 e. The average molecular weight is 265 g/mol. The predicted octanol–water partition coefficient (Wildman–Crippen LogP) is 1.34. The topological polar surface area (TPSA) is 50.3 Å². The fourth-order valence-corrected chi connectivity index (χ4v) is 2.88. The maximum atomic E-state index is 6.22. The van der Waals surface area contributed by atoms with Gasteiger partial charge in [-0.2, -0.15) is 5.10 Å². The SMILES string of the molecule is CCc1nn(C)c(N2CCN(CC(C)C)CC2)c1N. The molecule has 1 aliphatic heterocycles.